The van der Waals surface area contributed by atoms with E-state index in [0.29, 0.717) is 38.3 Å². The van der Waals surface area contributed by atoms with E-state index in [-0.39, 0.29) is 17.9 Å². The van der Waals surface area contributed by atoms with Gasteiger partial charge in [-0.1, -0.05) is 15.9 Å². The van der Waals surface area contributed by atoms with Crippen LogP contribution in [0.4, 0.5) is 0 Å². The molecular formula is C16H19BrN2O3. The molecular weight excluding hydrogens is 348 g/mol. The molecule has 2 heterocycles. The van der Waals surface area contributed by atoms with E-state index in [1.807, 2.05) is 34.1 Å². The topological polar surface area (TPSA) is 49.9 Å². The summed E-state index contributed by atoms with van der Waals surface area (Å²) in [6, 6.07) is 7.36. The summed E-state index contributed by atoms with van der Waals surface area (Å²) in [5.74, 6) is 0.102. The lowest BCUT2D eigenvalue weighted by Gasteiger charge is -2.35. The molecule has 22 heavy (non-hydrogen) atoms. The van der Waals surface area contributed by atoms with Gasteiger partial charge in [0.05, 0.1) is 0 Å². The zero-order valence-corrected chi connectivity index (χ0v) is 13.9. The lowest BCUT2D eigenvalue weighted by atomic mass is 10.1. The first-order chi connectivity index (χ1) is 10.6. The number of hydrogen-bond acceptors (Lipinski definition) is 3. The van der Waals surface area contributed by atoms with Gasteiger partial charge in [-0.05, 0) is 37.1 Å². The Morgan fingerprint density at radius 3 is 2.27 bits per heavy atom. The normalized spacial score (nSPS) is 22.0. The van der Waals surface area contributed by atoms with Gasteiger partial charge in [0.15, 0.2) is 0 Å². The molecule has 2 fully saturated rings. The SMILES string of the molecule is O=C(c1ccc(Br)cc1)N1CCN(C(=O)C2CCCO2)CC1. The van der Waals surface area contributed by atoms with E-state index in [1.54, 1.807) is 0 Å². The number of benzene rings is 1. The van der Waals surface area contributed by atoms with E-state index < -0.39 is 0 Å². The maximum Gasteiger partial charge on any atom is 0.253 e. The Morgan fingerprint density at radius 2 is 1.68 bits per heavy atom. The smallest absolute Gasteiger partial charge is 0.253 e. The predicted molar refractivity (Wildman–Crippen MR) is 85.6 cm³/mol. The van der Waals surface area contributed by atoms with Gasteiger partial charge in [0.2, 0.25) is 0 Å². The number of rotatable bonds is 2. The number of carbonyl (C=O) groups excluding carboxylic acids is 2. The fourth-order valence-electron chi connectivity index (χ4n) is 2.88. The average Bonchev–Trinajstić information content (AvgIpc) is 3.09. The second kappa shape index (κ2) is 6.79. The molecule has 0 aliphatic carbocycles. The van der Waals surface area contributed by atoms with E-state index in [0.717, 1.165) is 17.3 Å². The third-order valence-electron chi connectivity index (χ3n) is 4.17. The summed E-state index contributed by atoms with van der Waals surface area (Å²) in [6.45, 7) is 3.00. The fraction of sp³-hybridized carbons (Fsp3) is 0.500. The first kappa shape index (κ1) is 15.5. The summed E-state index contributed by atoms with van der Waals surface area (Å²) >= 11 is 3.37. The van der Waals surface area contributed by atoms with Crippen molar-refractivity contribution in [2.45, 2.75) is 18.9 Å². The Balaban J connectivity index is 1.56. The Labute approximate surface area is 138 Å². The summed E-state index contributed by atoms with van der Waals surface area (Å²) in [7, 11) is 0. The van der Waals surface area contributed by atoms with Crippen molar-refractivity contribution in [1.82, 2.24) is 9.80 Å². The van der Waals surface area contributed by atoms with Crippen molar-refractivity contribution >= 4 is 27.7 Å². The Kier molecular flexibility index (Phi) is 4.78. The molecule has 6 heteroatoms. The molecule has 0 N–H and O–H groups in total. The molecule has 1 aromatic rings. The van der Waals surface area contributed by atoms with Crippen LogP contribution in [0.1, 0.15) is 23.2 Å². The van der Waals surface area contributed by atoms with Crippen molar-refractivity contribution in [2.24, 2.45) is 0 Å². The fourth-order valence-corrected chi connectivity index (χ4v) is 3.15. The second-order valence-electron chi connectivity index (χ2n) is 5.63. The first-order valence-electron chi connectivity index (χ1n) is 7.60. The van der Waals surface area contributed by atoms with Gasteiger partial charge >= 0.3 is 0 Å². The Morgan fingerprint density at radius 1 is 1.05 bits per heavy atom. The molecule has 0 bridgehead atoms. The van der Waals surface area contributed by atoms with Gasteiger partial charge < -0.3 is 14.5 Å². The number of amides is 2. The van der Waals surface area contributed by atoms with Gasteiger partial charge in [-0.2, -0.15) is 0 Å². The molecule has 2 saturated heterocycles. The zero-order chi connectivity index (χ0) is 15.5. The monoisotopic (exact) mass is 366 g/mol. The van der Waals surface area contributed by atoms with Gasteiger partial charge in [-0.3, -0.25) is 9.59 Å². The van der Waals surface area contributed by atoms with Crippen LogP contribution in [0.15, 0.2) is 28.7 Å². The molecule has 1 unspecified atom stereocenters. The molecule has 2 amide bonds. The molecule has 0 saturated carbocycles. The second-order valence-corrected chi connectivity index (χ2v) is 6.54. The highest BCUT2D eigenvalue weighted by Crippen LogP contribution is 2.17. The number of piperazine rings is 1. The Hall–Kier alpha value is -1.40. The van der Waals surface area contributed by atoms with E-state index in [4.69, 9.17) is 4.74 Å². The minimum atomic E-state index is -0.270. The van der Waals surface area contributed by atoms with Crippen LogP contribution < -0.4 is 0 Å². The highest BCUT2D eigenvalue weighted by atomic mass is 79.9. The molecule has 1 atom stereocenters. The van der Waals surface area contributed by atoms with Gasteiger partial charge in [0.1, 0.15) is 6.10 Å². The first-order valence-corrected chi connectivity index (χ1v) is 8.40. The number of ether oxygens (including phenoxy) is 1. The molecule has 0 radical (unpaired) electrons. The maximum atomic E-state index is 12.4. The van der Waals surface area contributed by atoms with Crippen LogP contribution in [-0.2, 0) is 9.53 Å². The van der Waals surface area contributed by atoms with Crippen LogP contribution in [0, 0.1) is 0 Å². The summed E-state index contributed by atoms with van der Waals surface area (Å²) < 4.78 is 6.40. The quantitative estimate of drug-likeness (QED) is 0.803. The number of hydrogen-bond donors (Lipinski definition) is 0. The minimum absolute atomic E-state index is 0.0247. The summed E-state index contributed by atoms with van der Waals surface area (Å²) in [5.41, 5.74) is 0.683. The highest BCUT2D eigenvalue weighted by Gasteiger charge is 2.31. The van der Waals surface area contributed by atoms with Crippen molar-refractivity contribution < 1.29 is 14.3 Å². The van der Waals surface area contributed by atoms with E-state index >= 15 is 0 Å². The molecule has 1 aromatic carbocycles. The minimum Gasteiger partial charge on any atom is -0.368 e. The van der Waals surface area contributed by atoms with Crippen molar-refractivity contribution in [3.05, 3.63) is 34.3 Å². The van der Waals surface area contributed by atoms with Crippen LogP contribution >= 0.6 is 15.9 Å². The predicted octanol–water partition coefficient (Wildman–Crippen LogP) is 1.91. The van der Waals surface area contributed by atoms with Gasteiger partial charge in [-0.15, -0.1) is 0 Å². The van der Waals surface area contributed by atoms with Gasteiger partial charge in [0.25, 0.3) is 11.8 Å². The molecule has 0 aromatic heterocycles. The third-order valence-corrected chi connectivity index (χ3v) is 4.70. The van der Waals surface area contributed by atoms with Gasteiger partial charge in [-0.25, -0.2) is 0 Å². The van der Waals surface area contributed by atoms with Gasteiger partial charge in [0, 0.05) is 42.8 Å². The van der Waals surface area contributed by atoms with Crippen LogP contribution in [-0.4, -0.2) is 60.5 Å². The molecule has 118 valence electrons. The number of halogens is 1. The highest BCUT2D eigenvalue weighted by molar-refractivity contribution is 9.10. The lowest BCUT2D eigenvalue weighted by Crippen LogP contribution is -2.52. The molecule has 2 aliphatic heterocycles. The van der Waals surface area contributed by atoms with Crippen molar-refractivity contribution in [2.75, 3.05) is 32.8 Å². The molecule has 3 rings (SSSR count). The third kappa shape index (κ3) is 3.33. The van der Waals surface area contributed by atoms with Crippen molar-refractivity contribution in [1.29, 1.82) is 0 Å². The number of carbonyl (C=O) groups is 2. The largest absolute Gasteiger partial charge is 0.368 e. The molecule has 5 nitrogen and oxygen atoms in total. The maximum absolute atomic E-state index is 12.4. The van der Waals surface area contributed by atoms with E-state index in [1.165, 1.54) is 0 Å². The van der Waals surface area contributed by atoms with Crippen molar-refractivity contribution in [3.63, 3.8) is 0 Å². The summed E-state index contributed by atoms with van der Waals surface area (Å²) in [6.07, 6.45) is 1.50. The average molecular weight is 367 g/mol. The zero-order valence-electron chi connectivity index (χ0n) is 12.3. The molecule has 2 aliphatic rings. The van der Waals surface area contributed by atoms with Crippen LogP contribution in [0.2, 0.25) is 0 Å². The summed E-state index contributed by atoms with van der Waals surface area (Å²) in [4.78, 5) is 28.3. The molecule has 0 spiro atoms. The Bertz CT molecular complexity index is 547. The van der Waals surface area contributed by atoms with Crippen LogP contribution in [0.5, 0.6) is 0 Å². The van der Waals surface area contributed by atoms with Crippen LogP contribution in [0.25, 0.3) is 0 Å². The van der Waals surface area contributed by atoms with Crippen molar-refractivity contribution in [3.8, 4) is 0 Å². The van der Waals surface area contributed by atoms with E-state index in [2.05, 4.69) is 15.9 Å². The summed E-state index contributed by atoms with van der Waals surface area (Å²) in [5, 5.41) is 0. The van der Waals surface area contributed by atoms with E-state index in [9.17, 15) is 9.59 Å². The number of nitrogens with zero attached hydrogens (tertiary/aromatic N) is 2. The lowest BCUT2D eigenvalue weighted by molar-refractivity contribution is -0.142. The van der Waals surface area contributed by atoms with Crippen LogP contribution in [0.3, 0.4) is 0 Å². The standard InChI is InChI=1S/C16H19BrN2O3/c17-13-5-3-12(4-6-13)15(20)18-7-9-19(10-8-18)16(21)14-2-1-11-22-14/h3-6,14H,1-2,7-11H2.